The molecule has 2 aliphatic rings. The highest BCUT2D eigenvalue weighted by Crippen LogP contribution is 2.43. The second-order valence-corrected chi connectivity index (χ2v) is 8.57. The van der Waals surface area contributed by atoms with E-state index in [2.05, 4.69) is 65.0 Å². The number of aromatic nitrogens is 5. The monoisotopic (exact) mass is 392 g/mol. The molecule has 1 N–H and O–H groups in total. The van der Waals surface area contributed by atoms with Crippen LogP contribution in [0.25, 0.3) is 11.2 Å². The summed E-state index contributed by atoms with van der Waals surface area (Å²) in [7, 11) is 0. The van der Waals surface area contributed by atoms with Crippen molar-refractivity contribution in [1.82, 2.24) is 25.0 Å². The Kier molecular flexibility index (Phi) is 4.76. The molecule has 28 heavy (non-hydrogen) atoms. The molecule has 3 aromatic rings. The molecular weight excluding hydrogens is 368 g/mol. The highest BCUT2D eigenvalue weighted by Gasteiger charge is 2.39. The molecule has 2 atom stereocenters. The maximum Gasteiger partial charge on any atom is 0.191 e. The van der Waals surface area contributed by atoms with Crippen molar-refractivity contribution in [2.24, 2.45) is 0 Å². The third-order valence-corrected chi connectivity index (χ3v) is 6.46. The van der Waals surface area contributed by atoms with Crippen LogP contribution in [0.1, 0.15) is 50.1 Å². The Bertz CT molecular complexity index is 991. The van der Waals surface area contributed by atoms with Gasteiger partial charge in [0.1, 0.15) is 0 Å². The quantitative estimate of drug-likeness (QED) is 0.360. The summed E-state index contributed by atoms with van der Waals surface area (Å²) < 4.78 is 1.99. The van der Waals surface area contributed by atoms with Gasteiger partial charge in [0, 0.05) is 17.7 Å². The zero-order valence-electron chi connectivity index (χ0n) is 16.0. The van der Waals surface area contributed by atoms with E-state index >= 15 is 0 Å². The van der Waals surface area contributed by atoms with Crippen molar-refractivity contribution in [3.05, 3.63) is 48.0 Å². The normalized spacial score (nSPS) is 21.5. The standard InChI is InChI=1S/C21H24N6S/c1-2-12-28-21-23-19(22-17-13-16(17)14-8-4-3-5-9-14)18-20(24-21)27(26-25-18)15-10-6-7-11-15/h3-9,15-17H,2,10-13H2,1H3,(H,22,23,24)/t16-,17+/m0/s1. The third kappa shape index (κ3) is 3.39. The first kappa shape index (κ1) is 17.7. The van der Waals surface area contributed by atoms with Crippen molar-refractivity contribution in [3.8, 4) is 0 Å². The molecule has 1 saturated carbocycles. The van der Waals surface area contributed by atoms with E-state index in [1.807, 2.05) is 4.68 Å². The lowest BCUT2D eigenvalue weighted by Gasteiger charge is -2.11. The molecule has 2 aliphatic carbocycles. The van der Waals surface area contributed by atoms with Crippen LogP contribution in [0, 0.1) is 0 Å². The average Bonchev–Trinajstić information content (AvgIpc) is 3.10. The van der Waals surface area contributed by atoms with E-state index in [0.717, 1.165) is 53.6 Å². The maximum atomic E-state index is 4.80. The molecule has 5 rings (SSSR count). The van der Waals surface area contributed by atoms with Crippen molar-refractivity contribution in [2.75, 3.05) is 11.1 Å². The summed E-state index contributed by atoms with van der Waals surface area (Å²) in [5.74, 6) is 2.37. The van der Waals surface area contributed by atoms with Crippen molar-refractivity contribution < 1.29 is 0 Å². The van der Waals surface area contributed by atoms with Gasteiger partial charge in [-0.1, -0.05) is 66.4 Å². The molecule has 0 saturated heterocycles. The maximum absolute atomic E-state index is 4.80. The van der Waals surface area contributed by atoms with Gasteiger partial charge in [-0.15, -0.1) is 5.10 Å². The molecule has 0 spiro atoms. The molecule has 0 unspecified atom stereocenters. The van der Waals surface area contributed by atoms with Gasteiger partial charge in [-0.05, 0) is 31.2 Å². The molecule has 2 aromatic heterocycles. The Hall–Kier alpha value is -2.41. The van der Waals surface area contributed by atoms with Crippen LogP contribution >= 0.6 is 11.8 Å². The minimum atomic E-state index is 0.315. The fourth-order valence-electron chi connectivity index (χ4n) is 3.82. The molecule has 144 valence electrons. The molecule has 2 heterocycles. The zero-order valence-corrected chi connectivity index (χ0v) is 16.8. The van der Waals surface area contributed by atoms with Gasteiger partial charge in [-0.3, -0.25) is 0 Å². The van der Waals surface area contributed by atoms with Gasteiger partial charge in [0.25, 0.3) is 0 Å². The summed E-state index contributed by atoms with van der Waals surface area (Å²) in [6.45, 7) is 2.18. The lowest BCUT2D eigenvalue weighted by Crippen LogP contribution is -2.10. The van der Waals surface area contributed by atoms with Crippen LogP contribution in [0.2, 0.25) is 0 Å². The summed E-state index contributed by atoms with van der Waals surface area (Å²) in [6, 6.07) is 11.4. The summed E-state index contributed by atoms with van der Waals surface area (Å²) in [5.41, 5.74) is 3.01. The van der Waals surface area contributed by atoms with Gasteiger partial charge in [0.05, 0.1) is 6.04 Å². The number of benzene rings is 1. The van der Waals surface area contributed by atoms with E-state index in [0.29, 0.717) is 18.0 Å². The molecule has 0 bridgehead atoms. The number of allylic oxidation sites excluding steroid dienone is 2. The van der Waals surface area contributed by atoms with Crippen LogP contribution in [0.3, 0.4) is 0 Å². The number of hydrogen-bond acceptors (Lipinski definition) is 6. The van der Waals surface area contributed by atoms with E-state index < -0.39 is 0 Å². The summed E-state index contributed by atoms with van der Waals surface area (Å²) in [4.78, 5) is 9.60. The first-order valence-electron chi connectivity index (χ1n) is 10.1. The van der Waals surface area contributed by atoms with Crippen molar-refractivity contribution in [1.29, 1.82) is 0 Å². The van der Waals surface area contributed by atoms with E-state index in [9.17, 15) is 0 Å². The highest BCUT2D eigenvalue weighted by atomic mass is 32.2. The molecule has 0 radical (unpaired) electrons. The Balaban J connectivity index is 1.45. The van der Waals surface area contributed by atoms with Gasteiger partial charge in [0.2, 0.25) is 0 Å². The zero-order chi connectivity index (χ0) is 18.9. The Morgan fingerprint density at radius 1 is 1.14 bits per heavy atom. The lowest BCUT2D eigenvalue weighted by molar-refractivity contribution is 0.477. The number of nitrogens with one attached hydrogen (secondary N) is 1. The van der Waals surface area contributed by atoms with Gasteiger partial charge in [0.15, 0.2) is 22.1 Å². The molecule has 1 fully saturated rings. The highest BCUT2D eigenvalue weighted by molar-refractivity contribution is 7.99. The van der Waals surface area contributed by atoms with Crippen LogP contribution < -0.4 is 5.32 Å². The average molecular weight is 393 g/mol. The fourth-order valence-corrected chi connectivity index (χ4v) is 4.51. The second kappa shape index (κ2) is 7.54. The summed E-state index contributed by atoms with van der Waals surface area (Å²) in [5, 5.41) is 13.3. The molecule has 6 nitrogen and oxygen atoms in total. The number of nitrogens with zero attached hydrogens (tertiary/aromatic N) is 5. The van der Waals surface area contributed by atoms with Crippen LogP contribution in [0.5, 0.6) is 0 Å². The Morgan fingerprint density at radius 2 is 1.96 bits per heavy atom. The molecule has 7 heteroatoms. The topological polar surface area (TPSA) is 68.5 Å². The predicted octanol–water partition coefficient (Wildman–Crippen LogP) is 4.58. The van der Waals surface area contributed by atoms with Crippen molar-refractivity contribution >= 4 is 28.7 Å². The van der Waals surface area contributed by atoms with E-state index in [1.165, 1.54) is 5.56 Å². The van der Waals surface area contributed by atoms with Crippen molar-refractivity contribution in [2.45, 2.75) is 55.8 Å². The molecule has 1 aromatic carbocycles. The third-order valence-electron chi connectivity index (χ3n) is 5.41. The minimum absolute atomic E-state index is 0.315. The number of rotatable bonds is 7. The van der Waals surface area contributed by atoms with E-state index in [-0.39, 0.29) is 0 Å². The smallest absolute Gasteiger partial charge is 0.191 e. The van der Waals surface area contributed by atoms with Gasteiger partial charge < -0.3 is 5.32 Å². The number of fused-ring (bicyclic) bond motifs is 1. The van der Waals surface area contributed by atoms with Crippen LogP contribution in [0.4, 0.5) is 5.82 Å². The van der Waals surface area contributed by atoms with E-state index in [4.69, 9.17) is 9.97 Å². The molecule has 0 aliphatic heterocycles. The first-order valence-corrected chi connectivity index (χ1v) is 11.0. The van der Waals surface area contributed by atoms with Gasteiger partial charge in [-0.2, -0.15) is 0 Å². The minimum Gasteiger partial charge on any atom is -0.365 e. The predicted molar refractivity (Wildman–Crippen MR) is 113 cm³/mol. The SMILES string of the molecule is CCCSc1nc(N[C@@H]2C[C@H]2c2ccccc2)c2nnn(C3CC=CC3)c2n1. The number of anilines is 1. The molecular formula is C21H24N6S. The van der Waals surface area contributed by atoms with Gasteiger partial charge >= 0.3 is 0 Å². The Labute approximate surface area is 168 Å². The number of thioether (sulfide) groups is 1. The van der Waals surface area contributed by atoms with Crippen molar-refractivity contribution in [3.63, 3.8) is 0 Å². The molecule has 0 amide bonds. The van der Waals surface area contributed by atoms with Crippen LogP contribution in [-0.4, -0.2) is 36.8 Å². The lowest BCUT2D eigenvalue weighted by atomic mass is 10.1. The van der Waals surface area contributed by atoms with Gasteiger partial charge in [-0.25, -0.2) is 14.6 Å². The Morgan fingerprint density at radius 3 is 2.75 bits per heavy atom. The summed E-state index contributed by atoms with van der Waals surface area (Å²) in [6.07, 6.45) is 8.60. The number of hydrogen-bond donors (Lipinski definition) is 1. The summed E-state index contributed by atoms with van der Waals surface area (Å²) >= 11 is 1.70. The first-order chi connectivity index (χ1) is 13.8. The fraction of sp³-hybridized carbons (Fsp3) is 0.429. The largest absolute Gasteiger partial charge is 0.365 e. The second-order valence-electron chi connectivity index (χ2n) is 7.51. The van der Waals surface area contributed by atoms with Crippen LogP contribution in [0.15, 0.2) is 47.6 Å². The van der Waals surface area contributed by atoms with E-state index in [1.54, 1.807) is 11.8 Å². The van der Waals surface area contributed by atoms with Crippen LogP contribution in [-0.2, 0) is 0 Å².